The van der Waals surface area contributed by atoms with E-state index >= 15 is 0 Å². The minimum Gasteiger partial charge on any atom is -0.466 e. The molecule has 0 aliphatic heterocycles. The predicted molar refractivity (Wildman–Crippen MR) is 259 cm³/mol. The highest BCUT2D eigenvalue weighted by molar-refractivity contribution is 5.76. The van der Waals surface area contributed by atoms with Gasteiger partial charge in [0.05, 0.1) is 25.4 Å². The number of aliphatic hydroxyl groups excluding tert-OH is 2. The summed E-state index contributed by atoms with van der Waals surface area (Å²) in [6, 6.07) is -0.557. The fraction of sp³-hybridized carbons (Fsp3) is 0.815. The van der Waals surface area contributed by atoms with Gasteiger partial charge in [0.1, 0.15) is 0 Å². The van der Waals surface area contributed by atoms with Crippen molar-refractivity contribution >= 4 is 11.9 Å². The lowest BCUT2D eigenvalue weighted by atomic mass is 10.0. The largest absolute Gasteiger partial charge is 0.466 e. The summed E-state index contributed by atoms with van der Waals surface area (Å²) >= 11 is 0. The van der Waals surface area contributed by atoms with Crippen molar-refractivity contribution in [2.75, 3.05) is 13.2 Å². The van der Waals surface area contributed by atoms with E-state index in [1.54, 1.807) is 0 Å². The van der Waals surface area contributed by atoms with Gasteiger partial charge in [0.2, 0.25) is 5.91 Å². The third-order valence-electron chi connectivity index (χ3n) is 11.6. The highest BCUT2D eigenvalue weighted by Gasteiger charge is 2.20. The van der Waals surface area contributed by atoms with Gasteiger partial charge in [-0.1, -0.05) is 204 Å². The maximum absolute atomic E-state index is 12.4. The lowest BCUT2D eigenvalue weighted by Gasteiger charge is -2.22. The van der Waals surface area contributed by atoms with Gasteiger partial charge in [-0.05, 0) is 89.9 Å². The van der Waals surface area contributed by atoms with Crippen LogP contribution in [0.3, 0.4) is 0 Å². The highest BCUT2D eigenvalue weighted by atomic mass is 16.5. The lowest BCUT2D eigenvalue weighted by Crippen LogP contribution is -2.45. The molecule has 0 heterocycles. The number of hydrogen-bond acceptors (Lipinski definition) is 5. The Kier molecular flexibility index (Phi) is 47.7. The van der Waals surface area contributed by atoms with Crippen LogP contribution in [-0.2, 0) is 14.3 Å². The molecule has 0 spiro atoms. The second-order valence-corrected chi connectivity index (χ2v) is 17.5. The fourth-order valence-electron chi connectivity index (χ4n) is 7.60. The first-order valence-electron chi connectivity index (χ1n) is 25.9. The Morgan fingerprint density at radius 3 is 1.38 bits per heavy atom. The van der Waals surface area contributed by atoms with Gasteiger partial charge in [-0.3, -0.25) is 9.59 Å². The molecule has 2 unspecified atom stereocenters. The van der Waals surface area contributed by atoms with E-state index in [0.717, 1.165) is 83.5 Å². The zero-order chi connectivity index (χ0) is 43.7. The van der Waals surface area contributed by atoms with E-state index in [4.69, 9.17) is 4.74 Å². The Hall–Kier alpha value is -2.18. The summed E-state index contributed by atoms with van der Waals surface area (Å²) in [5.74, 6) is -0.0911. The Morgan fingerprint density at radius 2 is 0.883 bits per heavy atom. The first-order chi connectivity index (χ1) is 29.5. The number of rotatable bonds is 47. The summed E-state index contributed by atoms with van der Waals surface area (Å²) in [6.45, 7) is 4.85. The van der Waals surface area contributed by atoms with E-state index in [-0.39, 0.29) is 18.5 Å². The van der Waals surface area contributed by atoms with E-state index in [1.165, 1.54) is 141 Å². The van der Waals surface area contributed by atoms with Gasteiger partial charge in [0.25, 0.3) is 0 Å². The molecular weight excluding hydrogens is 743 g/mol. The molecule has 0 aliphatic carbocycles. The quantitative estimate of drug-likeness (QED) is 0.0245. The summed E-state index contributed by atoms with van der Waals surface area (Å²) in [4.78, 5) is 24.4. The molecular formula is C54H99NO5. The minimum atomic E-state index is -0.678. The first-order valence-corrected chi connectivity index (χ1v) is 25.9. The number of carbonyl (C=O) groups is 2. The van der Waals surface area contributed by atoms with Crippen LogP contribution in [0.1, 0.15) is 258 Å². The summed E-state index contributed by atoms with van der Waals surface area (Å²) in [7, 11) is 0. The van der Waals surface area contributed by atoms with Crippen molar-refractivity contribution in [3.05, 3.63) is 48.6 Å². The second-order valence-electron chi connectivity index (χ2n) is 17.5. The predicted octanol–water partition coefficient (Wildman–Crippen LogP) is 15.5. The van der Waals surface area contributed by atoms with Crippen LogP contribution in [0.4, 0.5) is 0 Å². The zero-order valence-electron chi connectivity index (χ0n) is 39.7. The van der Waals surface area contributed by atoms with Crippen LogP contribution in [0.2, 0.25) is 0 Å². The van der Waals surface area contributed by atoms with Crippen molar-refractivity contribution < 1.29 is 24.5 Å². The van der Waals surface area contributed by atoms with Gasteiger partial charge in [-0.2, -0.15) is 0 Å². The van der Waals surface area contributed by atoms with E-state index in [0.29, 0.717) is 25.9 Å². The topological polar surface area (TPSA) is 95.9 Å². The number of amides is 1. The summed E-state index contributed by atoms with van der Waals surface area (Å²) in [6.07, 6.45) is 60.8. The van der Waals surface area contributed by atoms with Gasteiger partial charge in [-0.15, -0.1) is 0 Å². The van der Waals surface area contributed by atoms with Gasteiger partial charge < -0.3 is 20.3 Å². The average Bonchev–Trinajstić information content (AvgIpc) is 3.25. The summed E-state index contributed by atoms with van der Waals surface area (Å²) < 4.78 is 5.44. The number of aliphatic hydroxyl groups is 2. The molecule has 0 aromatic carbocycles. The third-order valence-corrected chi connectivity index (χ3v) is 11.6. The molecule has 0 fully saturated rings. The number of esters is 1. The monoisotopic (exact) mass is 842 g/mol. The van der Waals surface area contributed by atoms with E-state index < -0.39 is 12.1 Å². The summed E-state index contributed by atoms with van der Waals surface area (Å²) in [5.41, 5.74) is 0. The van der Waals surface area contributed by atoms with Gasteiger partial charge in [0.15, 0.2) is 0 Å². The average molecular weight is 842 g/mol. The molecule has 0 radical (unpaired) electrons. The number of hydrogen-bond donors (Lipinski definition) is 3. The van der Waals surface area contributed by atoms with Crippen LogP contribution in [-0.4, -0.2) is 47.4 Å². The molecule has 3 N–H and O–H groups in total. The van der Waals surface area contributed by atoms with Crippen LogP contribution in [0.15, 0.2) is 48.6 Å². The molecule has 0 saturated carbocycles. The van der Waals surface area contributed by atoms with Gasteiger partial charge in [0, 0.05) is 12.8 Å². The molecule has 0 aliphatic rings. The SMILES string of the molecule is CCCCCC/C=C\C/C=C\CCCCCCCCCC(=O)OCCCCC/C=C\C=C/CCCCCCCCC(=O)NC(CO)C(O)CCCCCCCCCCCC. The van der Waals surface area contributed by atoms with Crippen LogP contribution >= 0.6 is 0 Å². The molecule has 0 aromatic heterocycles. The molecule has 1 amide bonds. The highest BCUT2D eigenvalue weighted by Crippen LogP contribution is 2.15. The van der Waals surface area contributed by atoms with Crippen LogP contribution in [0.25, 0.3) is 0 Å². The van der Waals surface area contributed by atoms with Crippen LogP contribution < -0.4 is 5.32 Å². The Balaban J connectivity index is 3.51. The Morgan fingerprint density at radius 1 is 0.483 bits per heavy atom. The molecule has 0 bridgehead atoms. The minimum absolute atomic E-state index is 0.0300. The fourth-order valence-corrected chi connectivity index (χ4v) is 7.60. The molecule has 0 saturated heterocycles. The van der Waals surface area contributed by atoms with E-state index in [9.17, 15) is 19.8 Å². The maximum Gasteiger partial charge on any atom is 0.305 e. The van der Waals surface area contributed by atoms with Crippen molar-refractivity contribution in [1.29, 1.82) is 0 Å². The zero-order valence-corrected chi connectivity index (χ0v) is 39.7. The molecule has 0 aromatic rings. The van der Waals surface area contributed by atoms with Gasteiger partial charge >= 0.3 is 5.97 Å². The summed E-state index contributed by atoms with van der Waals surface area (Å²) in [5, 5.41) is 23.1. The van der Waals surface area contributed by atoms with Crippen molar-refractivity contribution in [3.8, 4) is 0 Å². The maximum atomic E-state index is 12.4. The van der Waals surface area contributed by atoms with Crippen LogP contribution in [0.5, 0.6) is 0 Å². The van der Waals surface area contributed by atoms with Gasteiger partial charge in [-0.25, -0.2) is 0 Å². The normalized spacial score (nSPS) is 13.1. The number of ether oxygens (including phenoxy) is 1. The van der Waals surface area contributed by atoms with Crippen molar-refractivity contribution in [2.45, 2.75) is 270 Å². The second kappa shape index (κ2) is 49.5. The molecule has 6 nitrogen and oxygen atoms in total. The molecule has 60 heavy (non-hydrogen) atoms. The standard InChI is InChI=1S/C54H99NO5/c1-3-5-7-9-11-13-15-16-17-18-19-22-25-28-32-36-40-44-48-54(59)60-49-45-41-37-33-29-26-23-20-21-24-27-31-35-39-43-47-53(58)55-51(50-56)52(57)46-42-38-34-30-14-12-10-8-6-4-2/h13,15,17-18,20,23,26,29,51-52,56-57H,3-12,14,16,19,21-22,24-25,27-28,30-50H2,1-2H3,(H,55,58)/b15-13-,18-17-,23-20-,29-26-. The van der Waals surface area contributed by atoms with E-state index in [2.05, 4.69) is 67.8 Å². The molecule has 0 rings (SSSR count). The smallest absolute Gasteiger partial charge is 0.305 e. The lowest BCUT2D eigenvalue weighted by molar-refractivity contribution is -0.143. The Bertz CT molecular complexity index is 1020. The van der Waals surface area contributed by atoms with Crippen molar-refractivity contribution in [2.24, 2.45) is 0 Å². The number of unbranched alkanes of at least 4 members (excludes halogenated alkanes) is 29. The van der Waals surface area contributed by atoms with Crippen molar-refractivity contribution in [3.63, 3.8) is 0 Å². The van der Waals surface area contributed by atoms with Crippen molar-refractivity contribution in [1.82, 2.24) is 5.32 Å². The third kappa shape index (κ3) is 45.3. The number of carbonyl (C=O) groups excluding carboxylic acids is 2. The Labute approximate surface area is 372 Å². The molecule has 6 heteroatoms. The number of nitrogens with one attached hydrogen (secondary N) is 1. The van der Waals surface area contributed by atoms with Crippen LogP contribution in [0, 0.1) is 0 Å². The first kappa shape index (κ1) is 57.8. The molecule has 350 valence electrons. The van der Waals surface area contributed by atoms with E-state index in [1.807, 2.05) is 0 Å². The molecule has 2 atom stereocenters. The number of allylic oxidation sites excluding steroid dienone is 8.